The lowest BCUT2D eigenvalue weighted by Crippen LogP contribution is -2.43. The minimum Gasteiger partial charge on any atom is -0.508 e. The van der Waals surface area contributed by atoms with Gasteiger partial charge in [0.1, 0.15) is 12.9 Å². The summed E-state index contributed by atoms with van der Waals surface area (Å²) in [6, 6.07) is 5.86. The molecule has 3 aliphatic rings. The van der Waals surface area contributed by atoms with Crippen LogP contribution in [0, 0.1) is 17.3 Å². The Morgan fingerprint density at radius 1 is 1.30 bits per heavy atom. The monoisotopic (exact) mass is 315 g/mol. The smallest absolute Gasteiger partial charge is 0.115 e. The lowest BCUT2D eigenvalue weighted by atomic mass is 9.55. The van der Waals surface area contributed by atoms with Gasteiger partial charge < -0.3 is 15.1 Å². The molecule has 23 heavy (non-hydrogen) atoms. The summed E-state index contributed by atoms with van der Waals surface area (Å²) in [7, 11) is 1.56. The number of aliphatic hydroxyl groups excluding tert-OH is 1. The molecule has 2 fully saturated rings. The van der Waals surface area contributed by atoms with Gasteiger partial charge in [0.2, 0.25) is 0 Å². The molecule has 0 amide bonds. The van der Waals surface area contributed by atoms with Crippen LogP contribution in [0.25, 0.3) is 0 Å². The van der Waals surface area contributed by atoms with E-state index in [9.17, 15) is 10.2 Å². The summed E-state index contributed by atoms with van der Waals surface area (Å²) in [6.07, 6.45) is 4.64. The number of phenols is 1. The van der Waals surface area contributed by atoms with E-state index in [-0.39, 0.29) is 5.41 Å². The van der Waals surface area contributed by atoms with Gasteiger partial charge in [-0.1, -0.05) is 18.1 Å². The van der Waals surface area contributed by atoms with Gasteiger partial charge in [0.15, 0.2) is 0 Å². The van der Waals surface area contributed by atoms with Crippen molar-refractivity contribution in [2.45, 2.75) is 51.0 Å². The molecule has 4 nitrogen and oxygen atoms in total. The molecule has 0 aromatic heterocycles. The Balaban J connectivity index is 1.71. The van der Waals surface area contributed by atoms with E-state index in [0.717, 1.165) is 37.8 Å². The first-order valence-corrected chi connectivity index (χ1v) is 8.66. The Kier molecular flexibility index (Phi) is 3.41. The van der Waals surface area contributed by atoms with Gasteiger partial charge in [-0.05, 0) is 73.1 Å². The van der Waals surface area contributed by atoms with Crippen LogP contribution >= 0.6 is 0 Å². The molecule has 124 valence electrons. The van der Waals surface area contributed by atoms with Crippen LogP contribution in [-0.4, -0.2) is 29.1 Å². The van der Waals surface area contributed by atoms with E-state index in [1.807, 2.05) is 12.1 Å². The number of aryl methyl sites for hydroxylation is 1. The average Bonchev–Trinajstić information content (AvgIpc) is 2.79. The van der Waals surface area contributed by atoms with E-state index in [2.05, 4.69) is 18.1 Å². The highest BCUT2D eigenvalue weighted by molar-refractivity contribution is 5.95. The van der Waals surface area contributed by atoms with Crippen molar-refractivity contribution >= 4 is 5.71 Å². The van der Waals surface area contributed by atoms with Gasteiger partial charge in [0.05, 0.1) is 11.8 Å². The van der Waals surface area contributed by atoms with Gasteiger partial charge in [-0.15, -0.1) is 0 Å². The molecular weight excluding hydrogens is 290 g/mol. The summed E-state index contributed by atoms with van der Waals surface area (Å²) < 4.78 is 0. The Hall–Kier alpha value is -1.55. The number of phenolic OH excluding ortho intramolecular Hbond substituents is 1. The Labute approximate surface area is 137 Å². The van der Waals surface area contributed by atoms with Crippen LogP contribution in [0.15, 0.2) is 23.4 Å². The van der Waals surface area contributed by atoms with Gasteiger partial charge in [0.25, 0.3) is 0 Å². The van der Waals surface area contributed by atoms with Crippen molar-refractivity contribution in [2.24, 2.45) is 22.4 Å². The predicted octanol–water partition coefficient (Wildman–Crippen LogP) is 3.22. The molecule has 0 spiro atoms. The fraction of sp³-hybridized carbons (Fsp3) is 0.632. The molecule has 0 heterocycles. The van der Waals surface area contributed by atoms with Gasteiger partial charge in [-0.2, -0.15) is 0 Å². The normalized spacial score (nSPS) is 40.4. The third-order valence-electron chi connectivity index (χ3n) is 6.67. The van der Waals surface area contributed by atoms with Crippen molar-refractivity contribution in [3.63, 3.8) is 0 Å². The topological polar surface area (TPSA) is 62.0 Å². The van der Waals surface area contributed by atoms with Crippen LogP contribution in [-0.2, 0) is 11.3 Å². The first-order chi connectivity index (χ1) is 11.0. The van der Waals surface area contributed by atoms with Crippen molar-refractivity contribution in [2.75, 3.05) is 7.11 Å². The fourth-order valence-corrected chi connectivity index (χ4v) is 5.64. The lowest BCUT2D eigenvalue weighted by Gasteiger charge is -2.48. The highest BCUT2D eigenvalue weighted by Gasteiger charge is 2.57. The van der Waals surface area contributed by atoms with Crippen molar-refractivity contribution < 1.29 is 15.1 Å². The van der Waals surface area contributed by atoms with Gasteiger partial charge in [-0.3, -0.25) is 0 Å². The maximum atomic E-state index is 10.5. The molecule has 2 N–H and O–H groups in total. The molecule has 4 rings (SSSR count). The largest absolute Gasteiger partial charge is 0.508 e. The summed E-state index contributed by atoms with van der Waals surface area (Å²) >= 11 is 0. The summed E-state index contributed by atoms with van der Waals surface area (Å²) in [5.41, 5.74) is 3.53. The second-order valence-corrected chi connectivity index (χ2v) is 7.67. The average molecular weight is 315 g/mol. The maximum absolute atomic E-state index is 10.5. The first-order valence-electron chi connectivity index (χ1n) is 8.66. The number of hydrogen-bond donors (Lipinski definition) is 2. The summed E-state index contributed by atoms with van der Waals surface area (Å²) in [5.74, 6) is 1.97. The maximum Gasteiger partial charge on any atom is 0.115 e. The fourth-order valence-electron chi connectivity index (χ4n) is 5.64. The molecular formula is C19H25NO3. The van der Waals surface area contributed by atoms with Crippen molar-refractivity contribution in [1.29, 1.82) is 0 Å². The van der Waals surface area contributed by atoms with Gasteiger partial charge in [0, 0.05) is 5.41 Å². The molecule has 2 saturated carbocycles. The van der Waals surface area contributed by atoms with E-state index in [1.165, 1.54) is 11.1 Å². The minimum atomic E-state index is -0.468. The number of aliphatic hydroxyl groups is 1. The third-order valence-corrected chi connectivity index (χ3v) is 6.67. The zero-order valence-electron chi connectivity index (χ0n) is 13.8. The van der Waals surface area contributed by atoms with E-state index in [1.54, 1.807) is 7.11 Å². The Morgan fingerprint density at radius 3 is 2.91 bits per heavy atom. The van der Waals surface area contributed by atoms with Crippen LogP contribution in [0.3, 0.4) is 0 Å². The number of benzene rings is 1. The molecule has 1 aromatic rings. The Bertz CT molecular complexity index is 656. The molecule has 1 unspecified atom stereocenters. The van der Waals surface area contributed by atoms with Gasteiger partial charge >= 0.3 is 0 Å². The summed E-state index contributed by atoms with van der Waals surface area (Å²) in [5, 5.41) is 24.4. The van der Waals surface area contributed by atoms with Crippen molar-refractivity contribution in [3.05, 3.63) is 29.3 Å². The first kappa shape index (κ1) is 15.0. The van der Waals surface area contributed by atoms with Crippen LogP contribution < -0.4 is 0 Å². The molecule has 3 aliphatic carbocycles. The van der Waals surface area contributed by atoms with Crippen LogP contribution in [0.5, 0.6) is 5.75 Å². The number of hydrogen-bond acceptors (Lipinski definition) is 4. The van der Waals surface area contributed by atoms with E-state index in [4.69, 9.17) is 4.84 Å². The molecule has 5 atom stereocenters. The second-order valence-electron chi connectivity index (χ2n) is 7.67. The van der Waals surface area contributed by atoms with Crippen molar-refractivity contribution in [3.8, 4) is 5.75 Å². The number of oxime groups is 1. The molecule has 0 radical (unpaired) electrons. The van der Waals surface area contributed by atoms with Crippen molar-refractivity contribution in [1.82, 2.24) is 0 Å². The Morgan fingerprint density at radius 2 is 2.13 bits per heavy atom. The molecule has 0 saturated heterocycles. The highest BCUT2D eigenvalue weighted by Crippen LogP contribution is 2.60. The van der Waals surface area contributed by atoms with E-state index < -0.39 is 6.10 Å². The summed E-state index contributed by atoms with van der Waals surface area (Å²) in [6.45, 7) is 2.26. The molecule has 0 aliphatic heterocycles. The molecule has 4 heteroatoms. The zero-order chi connectivity index (χ0) is 16.2. The molecule has 1 aromatic carbocycles. The number of nitrogens with zero attached hydrogens (tertiary/aromatic N) is 1. The number of aromatic hydroxyl groups is 1. The SMILES string of the molecule is CO/N=C1\C(O)C[C@H]2[C@@H]3CCc4cc(O)ccc4[C@H]3CC[C@]12C. The minimum absolute atomic E-state index is 0.0367. The van der Waals surface area contributed by atoms with Crippen LogP contribution in [0.4, 0.5) is 0 Å². The van der Waals surface area contributed by atoms with E-state index in [0.29, 0.717) is 23.5 Å². The van der Waals surface area contributed by atoms with Crippen LogP contribution in [0.2, 0.25) is 0 Å². The number of rotatable bonds is 1. The highest BCUT2D eigenvalue weighted by atomic mass is 16.6. The second kappa shape index (κ2) is 5.23. The molecule has 0 bridgehead atoms. The predicted molar refractivity (Wildman–Crippen MR) is 88.6 cm³/mol. The summed E-state index contributed by atoms with van der Waals surface area (Å²) in [4.78, 5) is 5.02. The van der Waals surface area contributed by atoms with E-state index >= 15 is 0 Å². The van der Waals surface area contributed by atoms with Gasteiger partial charge in [-0.25, -0.2) is 0 Å². The zero-order valence-corrected chi connectivity index (χ0v) is 13.8. The van der Waals surface area contributed by atoms with Crippen LogP contribution in [0.1, 0.15) is 49.7 Å². The quantitative estimate of drug-likeness (QED) is 0.782. The lowest BCUT2D eigenvalue weighted by molar-refractivity contribution is 0.0843. The number of fused-ring (bicyclic) bond motifs is 5. The standard InChI is InChI=1S/C19H25NO3/c1-19-8-7-14-13-6-4-12(21)9-11(13)3-5-15(14)16(19)10-17(22)18(19)20-23-2/h4,6,9,14-17,21-22H,3,5,7-8,10H2,1-2H3/b20-18+/t14-,15-,16+,17?,19+/m1/s1. The third kappa shape index (κ3) is 2.11.